The molecule has 1 fully saturated rings. The molecule has 0 unspecified atom stereocenters. The van der Waals surface area contributed by atoms with Crippen LogP contribution in [-0.2, 0) is 7.05 Å². The summed E-state index contributed by atoms with van der Waals surface area (Å²) >= 11 is 0. The van der Waals surface area contributed by atoms with Crippen LogP contribution in [0.2, 0.25) is 0 Å². The molecule has 1 aliphatic carbocycles. The van der Waals surface area contributed by atoms with Crippen molar-refractivity contribution in [3.63, 3.8) is 0 Å². The molecule has 0 atom stereocenters. The zero-order valence-electron chi connectivity index (χ0n) is 15.9. The van der Waals surface area contributed by atoms with E-state index in [4.69, 9.17) is 4.52 Å². The fourth-order valence-corrected chi connectivity index (χ4v) is 3.41. The van der Waals surface area contributed by atoms with Crippen LogP contribution < -0.4 is 5.32 Å². The highest BCUT2D eigenvalue weighted by Gasteiger charge is 2.27. The molecule has 3 heterocycles. The number of nitrogens with one attached hydrogen (secondary N) is 1. The predicted octanol–water partition coefficient (Wildman–Crippen LogP) is 4.20. The molecule has 29 heavy (non-hydrogen) atoms. The molecule has 1 saturated carbocycles. The topological polar surface area (TPSA) is 85.8 Å². The van der Waals surface area contributed by atoms with Gasteiger partial charge in [-0.25, -0.2) is 9.37 Å². The van der Waals surface area contributed by atoms with Crippen molar-refractivity contribution >= 4 is 22.8 Å². The van der Waals surface area contributed by atoms with E-state index in [1.165, 1.54) is 12.1 Å². The summed E-state index contributed by atoms with van der Waals surface area (Å²) in [5.74, 6) is 0.465. The molecule has 0 spiro atoms. The molecule has 0 bridgehead atoms. The summed E-state index contributed by atoms with van der Waals surface area (Å²) in [5, 5.41) is 11.9. The Morgan fingerprint density at radius 2 is 2.00 bits per heavy atom. The molecule has 1 aromatic carbocycles. The van der Waals surface area contributed by atoms with Crippen molar-refractivity contribution in [1.82, 2.24) is 19.9 Å². The Bertz CT molecular complexity index is 1240. The van der Waals surface area contributed by atoms with Gasteiger partial charge in [-0.1, -0.05) is 5.16 Å². The third-order valence-corrected chi connectivity index (χ3v) is 5.14. The van der Waals surface area contributed by atoms with Crippen molar-refractivity contribution in [2.45, 2.75) is 25.7 Å². The maximum atomic E-state index is 13.3. The van der Waals surface area contributed by atoms with Gasteiger partial charge in [0.05, 0.1) is 28.0 Å². The minimum atomic E-state index is -0.342. The van der Waals surface area contributed by atoms with Crippen molar-refractivity contribution in [1.29, 1.82) is 0 Å². The summed E-state index contributed by atoms with van der Waals surface area (Å²) in [4.78, 5) is 17.6. The van der Waals surface area contributed by atoms with Crippen molar-refractivity contribution in [2.24, 2.45) is 7.05 Å². The number of fused-ring (bicyclic) bond motifs is 1. The number of anilines is 1. The highest BCUT2D eigenvalue weighted by molar-refractivity contribution is 6.12. The van der Waals surface area contributed by atoms with E-state index in [-0.39, 0.29) is 17.4 Å². The number of hydrogen-bond donors (Lipinski definition) is 1. The summed E-state index contributed by atoms with van der Waals surface area (Å²) in [6, 6.07) is 9.50. The summed E-state index contributed by atoms with van der Waals surface area (Å²) in [5.41, 5.74) is 3.40. The zero-order valence-corrected chi connectivity index (χ0v) is 15.9. The van der Waals surface area contributed by atoms with Crippen molar-refractivity contribution < 1.29 is 13.7 Å². The molecule has 1 N–H and O–H groups in total. The lowest BCUT2D eigenvalue weighted by atomic mass is 10.1. The van der Waals surface area contributed by atoms with Crippen LogP contribution in [0.4, 0.5) is 10.2 Å². The molecule has 0 saturated heterocycles. The largest absolute Gasteiger partial charge is 0.335 e. The quantitative estimate of drug-likeness (QED) is 0.563. The van der Waals surface area contributed by atoms with Gasteiger partial charge in [-0.3, -0.25) is 9.48 Å². The van der Waals surface area contributed by atoms with Gasteiger partial charge < -0.3 is 9.84 Å². The van der Waals surface area contributed by atoms with Crippen LogP contribution in [0.1, 0.15) is 40.5 Å². The van der Waals surface area contributed by atoms with E-state index in [1.807, 2.05) is 6.07 Å². The van der Waals surface area contributed by atoms with Crippen molar-refractivity contribution in [3.8, 4) is 11.3 Å². The number of carbonyl (C=O) groups is 1. The highest BCUT2D eigenvalue weighted by Crippen LogP contribution is 2.40. The lowest BCUT2D eigenvalue weighted by molar-refractivity contribution is 0.102. The van der Waals surface area contributed by atoms with E-state index < -0.39 is 0 Å². The van der Waals surface area contributed by atoms with E-state index in [0.717, 1.165) is 18.5 Å². The van der Waals surface area contributed by atoms with Gasteiger partial charge in [-0.2, -0.15) is 5.10 Å². The van der Waals surface area contributed by atoms with E-state index in [2.05, 4.69) is 20.6 Å². The first-order valence-corrected chi connectivity index (χ1v) is 9.38. The number of halogens is 1. The number of amides is 1. The normalized spacial score (nSPS) is 13.8. The molecule has 5 rings (SSSR count). The standard InChI is InChI=1S/C21H18FN5O2/c1-11-19-15(20(28)24-18-10-17(13-3-4-13)25-27(18)2)9-16(23-21(19)29-26-11)12-5-7-14(22)8-6-12/h5-10,13H,3-4H2,1-2H3,(H,24,28). The Balaban J connectivity index is 1.56. The SMILES string of the molecule is Cc1noc2nc(-c3ccc(F)cc3)cc(C(=O)Nc3cc(C4CC4)nn3C)c12. The predicted molar refractivity (Wildman–Crippen MR) is 105 cm³/mol. The number of benzene rings is 1. The number of hydrogen-bond acceptors (Lipinski definition) is 5. The number of carbonyl (C=O) groups excluding carboxylic acids is 1. The first-order chi connectivity index (χ1) is 14.0. The van der Waals surface area contributed by atoms with Gasteiger partial charge in [0, 0.05) is 24.6 Å². The fraction of sp³-hybridized carbons (Fsp3) is 0.238. The van der Waals surface area contributed by atoms with Crippen LogP contribution in [0.25, 0.3) is 22.4 Å². The van der Waals surface area contributed by atoms with E-state index in [0.29, 0.717) is 39.6 Å². The Hall–Kier alpha value is -3.55. The molecular weight excluding hydrogens is 373 g/mol. The average Bonchev–Trinajstić information content (AvgIpc) is 3.41. The number of rotatable bonds is 4. The Morgan fingerprint density at radius 3 is 2.72 bits per heavy atom. The highest BCUT2D eigenvalue weighted by atomic mass is 19.1. The Labute approximate surface area is 165 Å². The molecule has 0 aliphatic heterocycles. The number of nitrogens with zero attached hydrogens (tertiary/aromatic N) is 4. The second kappa shape index (κ2) is 6.51. The molecule has 146 valence electrons. The average molecular weight is 391 g/mol. The number of pyridine rings is 1. The third-order valence-electron chi connectivity index (χ3n) is 5.14. The van der Waals surface area contributed by atoms with Gasteiger partial charge in [0.25, 0.3) is 11.6 Å². The second-order valence-electron chi connectivity index (χ2n) is 7.32. The minimum Gasteiger partial charge on any atom is -0.335 e. The lowest BCUT2D eigenvalue weighted by Gasteiger charge is -2.08. The first kappa shape index (κ1) is 17.5. The Morgan fingerprint density at radius 1 is 1.24 bits per heavy atom. The molecular formula is C21H18FN5O2. The molecule has 1 amide bonds. The van der Waals surface area contributed by atoms with E-state index in [9.17, 15) is 9.18 Å². The van der Waals surface area contributed by atoms with Gasteiger partial charge in [0.1, 0.15) is 11.6 Å². The molecule has 4 aromatic rings. The van der Waals surface area contributed by atoms with Crippen LogP contribution in [0, 0.1) is 12.7 Å². The van der Waals surface area contributed by atoms with Crippen LogP contribution in [-0.4, -0.2) is 25.8 Å². The van der Waals surface area contributed by atoms with Crippen LogP contribution in [0.5, 0.6) is 0 Å². The van der Waals surface area contributed by atoms with Gasteiger partial charge in [-0.05, 0) is 50.1 Å². The maximum Gasteiger partial charge on any atom is 0.259 e. The fourth-order valence-electron chi connectivity index (χ4n) is 3.41. The van der Waals surface area contributed by atoms with Crippen LogP contribution in [0.3, 0.4) is 0 Å². The van der Waals surface area contributed by atoms with Gasteiger partial charge in [0.2, 0.25) is 0 Å². The Kier molecular flexibility index (Phi) is 3.94. The first-order valence-electron chi connectivity index (χ1n) is 9.38. The molecule has 8 heteroatoms. The number of aryl methyl sites for hydroxylation is 2. The number of aromatic nitrogens is 4. The lowest BCUT2D eigenvalue weighted by Crippen LogP contribution is -2.15. The zero-order chi connectivity index (χ0) is 20.1. The van der Waals surface area contributed by atoms with Crippen molar-refractivity contribution in [2.75, 3.05) is 5.32 Å². The monoisotopic (exact) mass is 391 g/mol. The summed E-state index contributed by atoms with van der Waals surface area (Å²) < 4.78 is 20.3. The maximum absolute atomic E-state index is 13.3. The molecule has 1 aliphatic rings. The smallest absolute Gasteiger partial charge is 0.259 e. The van der Waals surface area contributed by atoms with Crippen molar-refractivity contribution in [3.05, 3.63) is 59.2 Å². The summed E-state index contributed by atoms with van der Waals surface area (Å²) in [7, 11) is 1.80. The second-order valence-corrected chi connectivity index (χ2v) is 7.32. The van der Waals surface area contributed by atoms with Crippen LogP contribution >= 0.6 is 0 Å². The summed E-state index contributed by atoms with van der Waals surface area (Å²) in [6.45, 7) is 1.76. The third kappa shape index (κ3) is 3.16. The minimum absolute atomic E-state index is 0.262. The van der Waals surface area contributed by atoms with E-state index >= 15 is 0 Å². The molecule has 3 aromatic heterocycles. The summed E-state index contributed by atoms with van der Waals surface area (Å²) in [6.07, 6.45) is 2.27. The van der Waals surface area contributed by atoms with E-state index in [1.54, 1.807) is 36.9 Å². The van der Waals surface area contributed by atoms with Gasteiger partial charge >= 0.3 is 0 Å². The molecule has 0 radical (unpaired) electrons. The molecule has 7 nitrogen and oxygen atoms in total. The van der Waals surface area contributed by atoms with Crippen LogP contribution in [0.15, 0.2) is 40.9 Å². The van der Waals surface area contributed by atoms with Gasteiger partial charge in [-0.15, -0.1) is 0 Å². The van der Waals surface area contributed by atoms with Gasteiger partial charge in [0.15, 0.2) is 0 Å².